The number of dihydropyridines is 1. The Morgan fingerprint density at radius 1 is 1.35 bits per heavy atom. The first-order valence-electron chi connectivity index (χ1n) is 8.16. The minimum atomic E-state index is -3.48. The van der Waals surface area contributed by atoms with E-state index in [1.807, 2.05) is 13.0 Å². The first-order chi connectivity index (χ1) is 12.5. The topological polar surface area (TPSA) is 106 Å². The second-order valence-electron chi connectivity index (χ2n) is 6.06. The zero-order valence-corrected chi connectivity index (χ0v) is 15.5. The molecule has 10 heteroatoms. The molecule has 4 heterocycles. The molecule has 1 fully saturated rings. The maximum atomic E-state index is 12.6. The monoisotopic (exact) mass is 392 g/mol. The molecule has 4 rings (SSSR count). The highest BCUT2D eigenvalue weighted by Gasteiger charge is 2.41. The average Bonchev–Trinajstić information content (AvgIpc) is 3.23. The fourth-order valence-corrected chi connectivity index (χ4v) is 5.76. The van der Waals surface area contributed by atoms with Gasteiger partial charge in [0.1, 0.15) is 10.1 Å². The molecule has 8 nitrogen and oxygen atoms in total. The van der Waals surface area contributed by atoms with Gasteiger partial charge in [-0.3, -0.25) is 4.79 Å². The minimum absolute atomic E-state index is 0.164. The van der Waals surface area contributed by atoms with E-state index in [9.17, 15) is 13.2 Å². The van der Waals surface area contributed by atoms with Crippen LogP contribution in [0.4, 0.5) is 0 Å². The lowest BCUT2D eigenvalue weighted by molar-refractivity contribution is -0.118. The average molecular weight is 392 g/mol. The predicted octanol–water partition coefficient (Wildman–Crippen LogP) is 1.73. The van der Waals surface area contributed by atoms with Crippen molar-refractivity contribution in [3.8, 4) is 0 Å². The van der Waals surface area contributed by atoms with E-state index in [0.29, 0.717) is 10.1 Å². The summed E-state index contributed by atoms with van der Waals surface area (Å²) in [5.74, 6) is -0.547. The number of aliphatic imine (C=N–C) groups is 1. The van der Waals surface area contributed by atoms with Crippen LogP contribution >= 0.6 is 11.3 Å². The Morgan fingerprint density at radius 3 is 2.85 bits per heavy atom. The summed E-state index contributed by atoms with van der Waals surface area (Å²) in [6.45, 7) is 2.57. The number of carbonyl (C=O) groups is 1. The van der Waals surface area contributed by atoms with E-state index in [1.54, 1.807) is 18.2 Å². The number of carbonyl (C=O) groups excluding carboxylic acids is 1. The second-order valence-corrected chi connectivity index (χ2v) is 9.40. The van der Waals surface area contributed by atoms with Gasteiger partial charge < -0.3 is 4.52 Å². The van der Waals surface area contributed by atoms with Gasteiger partial charge in [-0.25, -0.2) is 13.4 Å². The van der Waals surface area contributed by atoms with Crippen molar-refractivity contribution in [2.45, 2.75) is 29.4 Å². The number of hydrogen-bond donors (Lipinski definition) is 0. The van der Waals surface area contributed by atoms with E-state index in [0.717, 1.165) is 11.3 Å². The molecule has 2 aromatic rings. The van der Waals surface area contributed by atoms with Gasteiger partial charge in [0, 0.05) is 24.2 Å². The summed E-state index contributed by atoms with van der Waals surface area (Å²) in [6.07, 6.45) is 5.55. The number of nitrogens with zero attached hydrogens (tertiary/aromatic N) is 4. The van der Waals surface area contributed by atoms with Gasteiger partial charge >= 0.3 is 0 Å². The van der Waals surface area contributed by atoms with Gasteiger partial charge in [-0.05, 0) is 24.6 Å². The molecule has 2 aliphatic heterocycles. The van der Waals surface area contributed by atoms with Crippen molar-refractivity contribution in [1.82, 2.24) is 14.4 Å². The van der Waals surface area contributed by atoms with Crippen LogP contribution in [0.25, 0.3) is 0 Å². The van der Waals surface area contributed by atoms with Crippen molar-refractivity contribution >= 4 is 33.5 Å². The summed E-state index contributed by atoms with van der Waals surface area (Å²) in [5, 5.41) is 3.85. The molecule has 2 aliphatic rings. The van der Waals surface area contributed by atoms with Crippen LogP contribution in [0.15, 0.2) is 38.0 Å². The maximum Gasteiger partial charge on any atom is 0.260 e. The van der Waals surface area contributed by atoms with Crippen molar-refractivity contribution in [3.05, 3.63) is 40.9 Å². The van der Waals surface area contributed by atoms with Crippen LogP contribution in [-0.2, 0) is 21.2 Å². The highest BCUT2D eigenvalue weighted by molar-refractivity contribution is 7.91. The summed E-state index contributed by atoms with van der Waals surface area (Å²) >= 11 is 1.30. The highest BCUT2D eigenvalue weighted by atomic mass is 32.2. The van der Waals surface area contributed by atoms with Crippen molar-refractivity contribution in [3.63, 3.8) is 0 Å². The SMILES string of the molecule is CCc1ccc(S(=O)(=O)N2CC(c3nc(C4C=CC=NC4=O)no3)C2)s1. The molecular weight excluding hydrogens is 376 g/mol. The van der Waals surface area contributed by atoms with Gasteiger partial charge in [0.15, 0.2) is 5.82 Å². The number of sulfonamides is 1. The van der Waals surface area contributed by atoms with Crippen molar-refractivity contribution in [2.75, 3.05) is 13.1 Å². The Bertz CT molecular complexity index is 999. The molecule has 0 aromatic carbocycles. The van der Waals surface area contributed by atoms with E-state index < -0.39 is 15.9 Å². The number of allylic oxidation sites excluding steroid dienone is 1. The Labute approximate surface area is 154 Å². The van der Waals surface area contributed by atoms with E-state index >= 15 is 0 Å². The number of aromatic nitrogens is 2. The Balaban J connectivity index is 1.44. The van der Waals surface area contributed by atoms with Crippen LogP contribution in [0.2, 0.25) is 0 Å². The smallest absolute Gasteiger partial charge is 0.260 e. The van der Waals surface area contributed by atoms with Crippen LogP contribution < -0.4 is 0 Å². The zero-order chi connectivity index (χ0) is 18.3. The number of thiophene rings is 1. The van der Waals surface area contributed by atoms with E-state index in [4.69, 9.17) is 4.52 Å². The number of hydrogen-bond acceptors (Lipinski definition) is 7. The third-order valence-electron chi connectivity index (χ3n) is 4.37. The van der Waals surface area contributed by atoms with Gasteiger partial charge in [0.05, 0.1) is 5.92 Å². The molecule has 26 heavy (non-hydrogen) atoms. The standard InChI is InChI=1S/C16H16N4O4S2/c1-2-11-5-6-13(25-11)26(22,23)20-8-10(9-20)16-18-14(19-24-16)12-4-3-7-17-15(12)21/h3-7,10,12H,2,8-9H2,1H3. The van der Waals surface area contributed by atoms with Crippen LogP contribution in [0.5, 0.6) is 0 Å². The normalized spacial score (nSPS) is 21.3. The Hall–Kier alpha value is -2.17. The number of aryl methyl sites for hydroxylation is 1. The molecule has 0 saturated carbocycles. The molecule has 1 unspecified atom stereocenters. The zero-order valence-electron chi connectivity index (χ0n) is 13.9. The molecule has 2 aromatic heterocycles. The number of rotatable bonds is 5. The molecular formula is C16H16N4O4S2. The minimum Gasteiger partial charge on any atom is -0.339 e. The van der Waals surface area contributed by atoms with Gasteiger partial charge in [0.25, 0.3) is 15.9 Å². The molecule has 1 saturated heterocycles. The van der Waals surface area contributed by atoms with Crippen LogP contribution in [0, 0.1) is 0 Å². The summed E-state index contributed by atoms with van der Waals surface area (Å²) in [6, 6.07) is 3.49. The van der Waals surface area contributed by atoms with E-state index in [1.165, 1.54) is 21.9 Å². The lowest BCUT2D eigenvalue weighted by atomic mass is 10.0. The molecule has 1 atom stereocenters. The molecule has 0 radical (unpaired) electrons. The molecule has 1 amide bonds. The van der Waals surface area contributed by atoms with Crippen molar-refractivity contribution < 1.29 is 17.7 Å². The fourth-order valence-electron chi connectivity index (χ4n) is 2.78. The largest absolute Gasteiger partial charge is 0.339 e. The lowest BCUT2D eigenvalue weighted by Crippen LogP contribution is -2.48. The van der Waals surface area contributed by atoms with Crippen molar-refractivity contribution in [2.24, 2.45) is 4.99 Å². The molecule has 0 N–H and O–H groups in total. The highest BCUT2D eigenvalue weighted by Crippen LogP contribution is 2.34. The van der Waals surface area contributed by atoms with Crippen LogP contribution in [0.3, 0.4) is 0 Å². The second kappa shape index (κ2) is 6.53. The summed E-state index contributed by atoms with van der Waals surface area (Å²) in [4.78, 5) is 20.8. The molecule has 136 valence electrons. The molecule has 0 bridgehead atoms. The van der Waals surface area contributed by atoms with Crippen LogP contribution in [0.1, 0.15) is 35.4 Å². The third kappa shape index (κ3) is 2.93. The summed E-state index contributed by atoms with van der Waals surface area (Å²) in [5.41, 5.74) is 0. The summed E-state index contributed by atoms with van der Waals surface area (Å²) in [7, 11) is -3.48. The first kappa shape index (κ1) is 17.3. The van der Waals surface area contributed by atoms with Gasteiger partial charge in [-0.2, -0.15) is 9.29 Å². The number of amides is 1. The summed E-state index contributed by atoms with van der Waals surface area (Å²) < 4.78 is 32.2. The molecule has 0 spiro atoms. The van der Waals surface area contributed by atoms with E-state index in [-0.39, 0.29) is 30.7 Å². The quantitative estimate of drug-likeness (QED) is 0.767. The van der Waals surface area contributed by atoms with E-state index in [2.05, 4.69) is 15.1 Å². The van der Waals surface area contributed by atoms with Crippen LogP contribution in [-0.4, -0.2) is 48.1 Å². The third-order valence-corrected chi connectivity index (χ3v) is 7.90. The Kier molecular flexibility index (Phi) is 4.33. The molecule has 0 aliphatic carbocycles. The lowest BCUT2D eigenvalue weighted by Gasteiger charge is -2.35. The maximum absolute atomic E-state index is 12.6. The van der Waals surface area contributed by atoms with Crippen molar-refractivity contribution in [1.29, 1.82) is 0 Å². The Morgan fingerprint density at radius 2 is 2.15 bits per heavy atom. The van der Waals surface area contributed by atoms with Gasteiger partial charge in [0.2, 0.25) is 5.89 Å². The fraction of sp³-hybridized carbons (Fsp3) is 0.375. The van der Waals surface area contributed by atoms with Gasteiger partial charge in [-0.1, -0.05) is 18.2 Å². The predicted molar refractivity (Wildman–Crippen MR) is 94.9 cm³/mol. The first-order valence-corrected chi connectivity index (χ1v) is 10.4. The van der Waals surface area contributed by atoms with Gasteiger partial charge in [-0.15, -0.1) is 11.3 Å².